The van der Waals surface area contributed by atoms with E-state index in [0.717, 1.165) is 21.7 Å². The Labute approximate surface area is 202 Å². The van der Waals surface area contributed by atoms with Crippen LogP contribution in [0.5, 0.6) is 0 Å². The van der Waals surface area contributed by atoms with Gasteiger partial charge in [0.2, 0.25) is 0 Å². The van der Waals surface area contributed by atoms with E-state index in [2.05, 4.69) is 49.2 Å². The normalized spacial score (nSPS) is 17.4. The van der Waals surface area contributed by atoms with Gasteiger partial charge in [0.15, 0.2) is 5.54 Å². The summed E-state index contributed by atoms with van der Waals surface area (Å²) in [6.45, 7) is 12.3. The Balaban J connectivity index is 0.000000582. The standard InChI is InChI=1S/C22H22N2O2S.C4H8.C2H6/c1-14(2)18-10-19(23-12-18)11-22(21(25)26)13-27-20(24-22)17-8-7-15-5-3-4-6-16(15)9-17;1-3-4-2;1-2/h3-10,12,14,23H,11,13H2,1-2H3,(H,25,26);3-4H,1-2H3;1-2H3/b;4-3-;. The van der Waals surface area contributed by atoms with Crippen LogP contribution in [0.1, 0.15) is 64.3 Å². The lowest BCUT2D eigenvalue weighted by molar-refractivity contribution is -0.142. The summed E-state index contributed by atoms with van der Waals surface area (Å²) in [4.78, 5) is 20.1. The van der Waals surface area contributed by atoms with Gasteiger partial charge >= 0.3 is 5.97 Å². The molecule has 0 fully saturated rings. The lowest BCUT2D eigenvalue weighted by atomic mass is 9.95. The number of aliphatic imine (C=N–C) groups is 1. The first kappa shape index (κ1) is 26.5. The number of carbonyl (C=O) groups is 1. The van der Waals surface area contributed by atoms with E-state index in [1.807, 2.05) is 64.2 Å². The molecule has 3 aromatic rings. The number of thioether (sulfide) groups is 1. The zero-order chi connectivity index (χ0) is 24.4. The molecule has 5 heteroatoms. The maximum atomic E-state index is 12.1. The molecule has 1 atom stereocenters. The summed E-state index contributed by atoms with van der Waals surface area (Å²) in [5, 5.41) is 13.1. The van der Waals surface area contributed by atoms with E-state index >= 15 is 0 Å². The first-order valence-electron chi connectivity index (χ1n) is 11.6. The number of hydrogen-bond donors (Lipinski definition) is 2. The zero-order valence-electron chi connectivity index (χ0n) is 20.6. The Kier molecular flexibility index (Phi) is 9.98. The number of hydrogen-bond acceptors (Lipinski definition) is 3. The number of aliphatic carboxylic acids is 1. The molecular formula is C28H36N2O2S. The fourth-order valence-electron chi connectivity index (χ4n) is 3.40. The highest BCUT2D eigenvalue weighted by atomic mass is 32.2. The van der Waals surface area contributed by atoms with Crippen molar-refractivity contribution < 1.29 is 9.90 Å². The number of rotatable bonds is 5. The van der Waals surface area contributed by atoms with Crippen LogP contribution < -0.4 is 0 Å². The van der Waals surface area contributed by atoms with Crippen LogP contribution in [0.4, 0.5) is 0 Å². The second kappa shape index (κ2) is 12.4. The molecule has 0 amide bonds. The third kappa shape index (κ3) is 6.61. The van der Waals surface area contributed by atoms with Crippen molar-refractivity contribution in [1.82, 2.24) is 4.98 Å². The van der Waals surface area contributed by atoms with Gasteiger partial charge in [0.1, 0.15) is 0 Å². The first-order valence-corrected chi connectivity index (χ1v) is 12.6. The summed E-state index contributed by atoms with van der Waals surface area (Å²) < 4.78 is 0. The molecule has 2 N–H and O–H groups in total. The predicted molar refractivity (Wildman–Crippen MR) is 144 cm³/mol. The number of carboxylic acid groups (broad SMARTS) is 1. The molecule has 2 heterocycles. The number of nitrogens with zero attached hydrogens (tertiary/aromatic N) is 1. The lowest BCUT2D eigenvalue weighted by Crippen LogP contribution is -2.39. The molecule has 1 aliphatic heterocycles. The molecule has 1 unspecified atom stereocenters. The number of nitrogens with one attached hydrogen (secondary N) is 1. The highest BCUT2D eigenvalue weighted by molar-refractivity contribution is 8.14. The van der Waals surface area contributed by atoms with E-state index in [0.29, 0.717) is 18.1 Å². The van der Waals surface area contributed by atoms with E-state index in [1.54, 1.807) is 0 Å². The number of benzene rings is 2. The SMILES string of the molecule is C/C=C\C.CC.CC(C)c1c[nH]c(CC2(C(=O)O)CSC(c3ccc4ccccc4c3)=N2)c1. The van der Waals surface area contributed by atoms with Gasteiger partial charge < -0.3 is 10.1 Å². The van der Waals surface area contributed by atoms with Gasteiger partial charge in [0.25, 0.3) is 0 Å². The number of fused-ring (bicyclic) bond motifs is 1. The Morgan fingerprint density at radius 1 is 1.12 bits per heavy atom. The van der Waals surface area contributed by atoms with Gasteiger partial charge in [-0.15, -0.1) is 11.8 Å². The Morgan fingerprint density at radius 3 is 2.36 bits per heavy atom. The number of aromatic amines is 1. The molecule has 4 rings (SSSR count). The largest absolute Gasteiger partial charge is 0.479 e. The number of allylic oxidation sites excluding steroid dienone is 2. The van der Waals surface area contributed by atoms with Crippen LogP contribution in [0.3, 0.4) is 0 Å². The lowest BCUT2D eigenvalue weighted by Gasteiger charge is -2.19. The van der Waals surface area contributed by atoms with Crippen LogP contribution in [-0.4, -0.2) is 32.4 Å². The molecule has 4 nitrogen and oxygen atoms in total. The maximum Gasteiger partial charge on any atom is 0.332 e. The third-order valence-corrected chi connectivity index (χ3v) is 6.63. The molecule has 1 aromatic heterocycles. The molecule has 0 radical (unpaired) electrons. The molecule has 0 aliphatic carbocycles. The van der Waals surface area contributed by atoms with Gasteiger partial charge in [0, 0.05) is 29.6 Å². The van der Waals surface area contributed by atoms with Gasteiger partial charge in [-0.3, -0.25) is 4.99 Å². The van der Waals surface area contributed by atoms with E-state index < -0.39 is 11.5 Å². The van der Waals surface area contributed by atoms with Crippen molar-refractivity contribution in [2.75, 3.05) is 5.75 Å². The quantitative estimate of drug-likeness (QED) is 0.385. The zero-order valence-corrected chi connectivity index (χ0v) is 21.4. The summed E-state index contributed by atoms with van der Waals surface area (Å²) in [5.41, 5.74) is 1.97. The van der Waals surface area contributed by atoms with Crippen LogP contribution in [0.25, 0.3) is 10.8 Å². The van der Waals surface area contributed by atoms with Crippen LogP contribution in [0, 0.1) is 0 Å². The fourth-order valence-corrected chi connectivity index (χ4v) is 4.60. The highest BCUT2D eigenvalue weighted by Gasteiger charge is 2.43. The molecule has 0 saturated heterocycles. The van der Waals surface area contributed by atoms with Crippen LogP contribution >= 0.6 is 11.8 Å². The fraction of sp³-hybridized carbons (Fsp3) is 0.357. The van der Waals surface area contributed by atoms with E-state index in [1.165, 1.54) is 22.7 Å². The highest BCUT2D eigenvalue weighted by Crippen LogP contribution is 2.35. The van der Waals surface area contributed by atoms with Gasteiger partial charge in [-0.1, -0.05) is 76.2 Å². The topological polar surface area (TPSA) is 65.5 Å². The van der Waals surface area contributed by atoms with Crippen molar-refractivity contribution >= 4 is 33.5 Å². The van der Waals surface area contributed by atoms with E-state index in [4.69, 9.17) is 4.99 Å². The predicted octanol–water partition coefficient (Wildman–Crippen LogP) is 7.46. The molecular weight excluding hydrogens is 428 g/mol. The van der Waals surface area contributed by atoms with Gasteiger partial charge in [0.05, 0.1) is 5.04 Å². The summed E-state index contributed by atoms with van der Waals surface area (Å²) in [5.74, 6) is -0.0163. The molecule has 0 bridgehead atoms. The summed E-state index contributed by atoms with van der Waals surface area (Å²) >= 11 is 1.53. The molecule has 1 aliphatic rings. The van der Waals surface area contributed by atoms with Crippen LogP contribution in [0.2, 0.25) is 0 Å². The Bertz CT molecular complexity index is 1110. The smallest absolute Gasteiger partial charge is 0.332 e. The third-order valence-electron chi connectivity index (χ3n) is 5.41. The second-order valence-corrected chi connectivity index (χ2v) is 9.02. The first-order chi connectivity index (χ1) is 15.9. The summed E-state index contributed by atoms with van der Waals surface area (Å²) in [7, 11) is 0. The average molecular weight is 465 g/mol. The monoisotopic (exact) mass is 464 g/mol. The van der Waals surface area contributed by atoms with Crippen molar-refractivity contribution in [3.63, 3.8) is 0 Å². The minimum absolute atomic E-state index is 0.374. The van der Waals surface area contributed by atoms with Crippen molar-refractivity contribution in [3.05, 3.63) is 83.7 Å². The number of carboxylic acids is 1. The molecule has 176 valence electrons. The Morgan fingerprint density at radius 2 is 1.79 bits per heavy atom. The number of H-pyrrole nitrogens is 1. The molecule has 0 saturated carbocycles. The van der Waals surface area contributed by atoms with Crippen molar-refractivity contribution in [2.24, 2.45) is 4.99 Å². The van der Waals surface area contributed by atoms with Crippen molar-refractivity contribution in [2.45, 2.75) is 59.4 Å². The minimum atomic E-state index is -1.12. The summed E-state index contributed by atoms with van der Waals surface area (Å²) in [6.07, 6.45) is 6.34. The Hall–Kier alpha value is -2.79. The van der Waals surface area contributed by atoms with Gasteiger partial charge in [-0.2, -0.15) is 0 Å². The van der Waals surface area contributed by atoms with Crippen molar-refractivity contribution in [1.29, 1.82) is 0 Å². The van der Waals surface area contributed by atoms with Gasteiger partial charge in [-0.05, 0) is 48.2 Å². The van der Waals surface area contributed by atoms with E-state index in [-0.39, 0.29) is 0 Å². The number of aromatic nitrogens is 1. The maximum absolute atomic E-state index is 12.1. The average Bonchev–Trinajstić information content (AvgIpc) is 3.49. The molecule has 0 spiro atoms. The minimum Gasteiger partial charge on any atom is -0.479 e. The molecule has 2 aromatic carbocycles. The van der Waals surface area contributed by atoms with Gasteiger partial charge in [-0.25, -0.2) is 4.79 Å². The summed E-state index contributed by atoms with van der Waals surface area (Å²) in [6, 6.07) is 16.4. The molecule has 33 heavy (non-hydrogen) atoms. The van der Waals surface area contributed by atoms with Crippen molar-refractivity contribution in [3.8, 4) is 0 Å². The van der Waals surface area contributed by atoms with E-state index in [9.17, 15) is 9.90 Å². The van der Waals surface area contributed by atoms with Crippen LogP contribution in [-0.2, 0) is 11.2 Å². The van der Waals surface area contributed by atoms with Crippen LogP contribution in [0.15, 0.2) is 71.9 Å². The second-order valence-electron chi connectivity index (χ2n) is 8.06.